The van der Waals surface area contributed by atoms with E-state index in [9.17, 15) is 0 Å². The van der Waals surface area contributed by atoms with Gasteiger partial charge in [0.05, 0.1) is 5.69 Å². The Kier molecular flexibility index (Phi) is 2.57. The number of fused-ring (bicyclic) bond motifs is 1. The average molecular weight is 228 g/mol. The van der Waals surface area contributed by atoms with Crippen molar-refractivity contribution in [3.8, 4) is 11.3 Å². The van der Waals surface area contributed by atoms with Gasteiger partial charge in [-0.2, -0.15) is 5.10 Å². The van der Waals surface area contributed by atoms with E-state index in [2.05, 4.69) is 28.6 Å². The number of nitrogens with one attached hydrogen (secondary N) is 1. The molecule has 0 amide bonds. The summed E-state index contributed by atoms with van der Waals surface area (Å²) in [6, 6.07) is 12.3. The Morgan fingerprint density at radius 1 is 1.35 bits per heavy atom. The Bertz CT molecular complexity index is 503. The molecule has 4 heteroatoms. The fourth-order valence-corrected chi connectivity index (χ4v) is 2.16. The third-order valence-electron chi connectivity index (χ3n) is 3.19. The summed E-state index contributed by atoms with van der Waals surface area (Å²) in [5.74, 6) is 1.57. The Hall–Kier alpha value is -1.81. The molecule has 2 heterocycles. The molecule has 0 aliphatic carbocycles. The van der Waals surface area contributed by atoms with Crippen LogP contribution in [0.2, 0.25) is 0 Å². The second kappa shape index (κ2) is 4.22. The molecule has 3 rings (SSSR count). The number of nitrogens with zero attached hydrogens (tertiary/aromatic N) is 2. The lowest BCUT2D eigenvalue weighted by molar-refractivity contribution is 0.423. The van der Waals surface area contributed by atoms with Crippen LogP contribution in [-0.4, -0.2) is 22.9 Å². The van der Waals surface area contributed by atoms with Gasteiger partial charge < -0.3 is 11.1 Å². The molecule has 4 nitrogen and oxygen atoms in total. The van der Waals surface area contributed by atoms with Crippen molar-refractivity contribution in [2.45, 2.75) is 6.54 Å². The number of anilines is 1. The first-order valence-electron chi connectivity index (χ1n) is 5.94. The van der Waals surface area contributed by atoms with Gasteiger partial charge in [-0.15, -0.1) is 0 Å². The first-order valence-corrected chi connectivity index (χ1v) is 5.94. The Morgan fingerprint density at radius 2 is 2.18 bits per heavy atom. The number of hydrogen-bond acceptors (Lipinski definition) is 3. The minimum Gasteiger partial charge on any atom is -0.370 e. The number of nitrogens with two attached hydrogens (primary N) is 1. The van der Waals surface area contributed by atoms with Crippen LogP contribution in [0.15, 0.2) is 36.4 Å². The van der Waals surface area contributed by atoms with Crippen molar-refractivity contribution >= 4 is 5.82 Å². The van der Waals surface area contributed by atoms with E-state index in [1.165, 1.54) is 0 Å². The third kappa shape index (κ3) is 1.91. The van der Waals surface area contributed by atoms with Gasteiger partial charge in [0.15, 0.2) is 0 Å². The largest absolute Gasteiger partial charge is 0.370 e. The topological polar surface area (TPSA) is 55.9 Å². The molecule has 0 bridgehead atoms. The molecule has 1 aromatic carbocycles. The van der Waals surface area contributed by atoms with Crippen LogP contribution in [0, 0.1) is 5.92 Å². The molecule has 3 N–H and O–H groups in total. The first kappa shape index (κ1) is 10.4. The normalized spacial score (nSPS) is 18.5. The Balaban J connectivity index is 1.93. The minimum atomic E-state index is 0.478. The second-order valence-corrected chi connectivity index (χ2v) is 4.45. The third-order valence-corrected chi connectivity index (χ3v) is 3.19. The summed E-state index contributed by atoms with van der Waals surface area (Å²) in [5, 5.41) is 7.99. The summed E-state index contributed by atoms with van der Waals surface area (Å²) in [4.78, 5) is 0. The molecule has 1 atom stereocenters. The number of benzene rings is 1. The quantitative estimate of drug-likeness (QED) is 0.820. The highest BCUT2D eigenvalue weighted by atomic mass is 15.3. The van der Waals surface area contributed by atoms with E-state index in [-0.39, 0.29) is 0 Å². The zero-order valence-electron chi connectivity index (χ0n) is 9.63. The molecule has 1 aliphatic rings. The summed E-state index contributed by atoms with van der Waals surface area (Å²) in [7, 11) is 0. The minimum absolute atomic E-state index is 0.478. The number of aromatic nitrogens is 2. The van der Waals surface area contributed by atoms with Gasteiger partial charge in [-0.25, -0.2) is 4.68 Å². The van der Waals surface area contributed by atoms with E-state index in [1.807, 2.05) is 22.9 Å². The van der Waals surface area contributed by atoms with Gasteiger partial charge in [0.1, 0.15) is 5.82 Å². The maximum Gasteiger partial charge on any atom is 0.124 e. The van der Waals surface area contributed by atoms with Gasteiger partial charge in [-0.1, -0.05) is 30.3 Å². The van der Waals surface area contributed by atoms with Crippen molar-refractivity contribution in [3.63, 3.8) is 0 Å². The van der Waals surface area contributed by atoms with Crippen LogP contribution in [0.1, 0.15) is 0 Å². The van der Waals surface area contributed by atoms with E-state index in [1.54, 1.807) is 0 Å². The number of hydrogen-bond donors (Lipinski definition) is 2. The highest BCUT2D eigenvalue weighted by Crippen LogP contribution is 2.24. The van der Waals surface area contributed by atoms with E-state index in [0.29, 0.717) is 12.5 Å². The lowest BCUT2D eigenvalue weighted by atomic mass is 10.1. The summed E-state index contributed by atoms with van der Waals surface area (Å²) >= 11 is 0. The molecule has 1 aromatic heterocycles. The standard InChI is InChI=1S/C13H16N4/c14-7-10-8-15-13-6-12(16-17(13)9-10)11-4-2-1-3-5-11/h1-6,10,15H,7-9,14H2. The molecule has 17 heavy (non-hydrogen) atoms. The van der Waals surface area contributed by atoms with E-state index in [0.717, 1.165) is 30.2 Å². The molecular formula is C13H16N4. The fourth-order valence-electron chi connectivity index (χ4n) is 2.16. The number of rotatable bonds is 2. The van der Waals surface area contributed by atoms with Crippen molar-refractivity contribution in [3.05, 3.63) is 36.4 Å². The summed E-state index contributed by atoms with van der Waals surface area (Å²) in [6.45, 7) is 2.55. The molecule has 2 aromatic rings. The van der Waals surface area contributed by atoms with Crippen molar-refractivity contribution in [2.75, 3.05) is 18.4 Å². The van der Waals surface area contributed by atoms with Crippen LogP contribution in [0.4, 0.5) is 5.82 Å². The van der Waals surface area contributed by atoms with Gasteiger partial charge in [0.25, 0.3) is 0 Å². The molecule has 0 saturated carbocycles. The van der Waals surface area contributed by atoms with Crippen LogP contribution in [0.25, 0.3) is 11.3 Å². The van der Waals surface area contributed by atoms with Crippen LogP contribution in [-0.2, 0) is 6.54 Å². The van der Waals surface area contributed by atoms with Crippen molar-refractivity contribution in [1.29, 1.82) is 0 Å². The molecule has 1 unspecified atom stereocenters. The highest BCUT2D eigenvalue weighted by molar-refractivity contribution is 5.63. The predicted octanol–water partition coefficient (Wildman–Crippen LogP) is 1.55. The average Bonchev–Trinajstić information content (AvgIpc) is 2.82. The maximum absolute atomic E-state index is 5.70. The van der Waals surface area contributed by atoms with Crippen LogP contribution < -0.4 is 11.1 Å². The van der Waals surface area contributed by atoms with E-state index < -0.39 is 0 Å². The highest BCUT2D eigenvalue weighted by Gasteiger charge is 2.18. The van der Waals surface area contributed by atoms with E-state index >= 15 is 0 Å². The summed E-state index contributed by atoms with van der Waals surface area (Å²) < 4.78 is 2.02. The summed E-state index contributed by atoms with van der Waals surface area (Å²) in [5.41, 5.74) is 7.87. The lowest BCUT2D eigenvalue weighted by Crippen LogP contribution is -2.32. The molecule has 88 valence electrons. The fraction of sp³-hybridized carbons (Fsp3) is 0.308. The maximum atomic E-state index is 5.70. The molecule has 0 saturated heterocycles. The SMILES string of the molecule is NCC1CNc2cc(-c3ccccc3)nn2C1. The first-order chi connectivity index (χ1) is 8.36. The van der Waals surface area contributed by atoms with E-state index in [4.69, 9.17) is 5.73 Å². The van der Waals surface area contributed by atoms with Crippen LogP contribution in [0.5, 0.6) is 0 Å². The predicted molar refractivity (Wildman–Crippen MR) is 68.7 cm³/mol. The molecular weight excluding hydrogens is 212 g/mol. The van der Waals surface area contributed by atoms with Gasteiger partial charge in [0.2, 0.25) is 0 Å². The van der Waals surface area contributed by atoms with Crippen molar-refractivity contribution in [1.82, 2.24) is 9.78 Å². The van der Waals surface area contributed by atoms with Crippen LogP contribution in [0.3, 0.4) is 0 Å². The molecule has 0 fully saturated rings. The molecule has 0 spiro atoms. The smallest absolute Gasteiger partial charge is 0.124 e. The van der Waals surface area contributed by atoms with Gasteiger partial charge in [0, 0.05) is 30.6 Å². The van der Waals surface area contributed by atoms with Gasteiger partial charge in [-0.3, -0.25) is 0 Å². The van der Waals surface area contributed by atoms with Crippen molar-refractivity contribution in [2.24, 2.45) is 11.7 Å². The Labute approximate surface area is 100 Å². The van der Waals surface area contributed by atoms with Gasteiger partial charge >= 0.3 is 0 Å². The molecule has 0 radical (unpaired) electrons. The zero-order valence-corrected chi connectivity index (χ0v) is 9.63. The van der Waals surface area contributed by atoms with Crippen molar-refractivity contribution < 1.29 is 0 Å². The second-order valence-electron chi connectivity index (χ2n) is 4.45. The zero-order chi connectivity index (χ0) is 11.7. The monoisotopic (exact) mass is 228 g/mol. The van der Waals surface area contributed by atoms with Gasteiger partial charge in [-0.05, 0) is 6.54 Å². The molecule has 1 aliphatic heterocycles. The summed E-state index contributed by atoms with van der Waals surface area (Å²) in [6.07, 6.45) is 0. The Morgan fingerprint density at radius 3 is 2.94 bits per heavy atom. The lowest BCUT2D eigenvalue weighted by Gasteiger charge is -2.23. The van der Waals surface area contributed by atoms with Crippen LogP contribution >= 0.6 is 0 Å².